The summed E-state index contributed by atoms with van der Waals surface area (Å²) in [6.45, 7) is 5.71. The van der Waals surface area contributed by atoms with Crippen LogP contribution < -0.4 is 0 Å². The molecule has 0 saturated heterocycles. The van der Waals surface area contributed by atoms with Gasteiger partial charge in [0, 0.05) is 31.0 Å². The topological polar surface area (TPSA) is 39.9 Å². The predicted molar refractivity (Wildman–Crippen MR) is 106 cm³/mol. The van der Waals surface area contributed by atoms with Crippen LogP contribution in [0.5, 0.6) is 0 Å². The maximum Gasteiger partial charge on any atom is 0.0728 e. The van der Waals surface area contributed by atoms with Gasteiger partial charge in [-0.1, -0.05) is 29.8 Å². The van der Waals surface area contributed by atoms with Crippen molar-refractivity contribution in [1.82, 2.24) is 9.88 Å². The van der Waals surface area contributed by atoms with Crippen molar-refractivity contribution in [1.29, 1.82) is 5.26 Å². The molecule has 1 heterocycles. The molecule has 1 aromatic heterocycles. The number of nitrogens with zero attached hydrogens (tertiary/aromatic N) is 3. The third kappa shape index (κ3) is 4.38. The van der Waals surface area contributed by atoms with Crippen LogP contribution in [0.15, 0.2) is 36.7 Å². The third-order valence-electron chi connectivity index (χ3n) is 5.32. The molecule has 1 fully saturated rings. The highest BCUT2D eigenvalue weighted by molar-refractivity contribution is 6.30. The van der Waals surface area contributed by atoms with Crippen LogP contribution >= 0.6 is 23.2 Å². The maximum atomic E-state index is 9.29. The van der Waals surface area contributed by atoms with Crippen LogP contribution in [-0.2, 0) is 6.54 Å². The molecule has 1 aromatic carbocycles. The number of aryl methyl sites for hydroxylation is 2. The van der Waals surface area contributed by atoms with Crippen molar-refractivity contribution in [3.63, 3.8) is 0 Å². The second kappa shape index (κ2) is 7.96. The molecule has 1 unspecified atom stereocenters. The molecule has 1 aliphatic rings. The Labute approximate surface area is 165 Å². The van der Waals surface area contributed by atoms with E-state index in [2.05, 4.69) is 48.0 Å². The summed E-state index contributed by atoms with van der Waals surface area (Å²) in [6.07, 6.45) is 6.00. The van der Waals surface area contributed by atoms with Gasteiger partial charge in [-0.2, -0.15) is 5.26 Å². The lowest BCUT2D eigenvalue weighted by molar-refractivity contribution is 0.169. The number of halogens is 2. The molecule has 26 heavy (non-hydrogen) atoms. The van der Waals surface area contributed by atoms with E-state index in [-0.39, 0.29) is 10.9 Å². The van der Waals surface area contributed by atoms with Crippen LogP contribution in [0, 0.1) is 25.2 Å². The Morgan fingerprint density at radius 2 is 2.00 bits per heavy atom. The van der Waals surface area contributed by atoms with Crippen LogP contribution in [0.1, 0.15) is 46.9 Å². The monoisotopic (exact) mass is 387 g/mol. The molecule has 0 spiro atoms. The fraction of sp³-hybridized carbons (Fsp3) is 0.429. The lowest BCUT2D eigenvalue weighted by Crippen LogP contribution is -2.38. The molecule has 0 amide bonds. The minimum atomic E-state index is -0.219. The Morgan fingerprint density at radius 3 is 2.62 bits per heavy atom. The van der Waals surface area contributed by atoms with Crippen molar-refractivity contribution in [2.75, 3.05) is 6.54 Å². The third-order valence-corrected chi connectivity index (χ3v) is 5.92. The summed E-state index contributed by atoms with van der Waals surface area (Å²) in [4.78, 5) is 6.52. The van der Waals surface area contributed by atoms with Gasteiger partial charge in [-0.3, -0.25) is 9.88 Å². The Morgan fingerprint density at radius 1 is 1.23 bits per heavy atom. The van der Waals surface area contributed by atoms with E-state index in [0.29, 0.717) is 18.0 Å². The van der Waals surface area contributed by atoms with Crippen LogP contribution in [0.3, 0.4) is 0 Å². The minimum Gasteiger partial charge on any atom is -0.291 e. The second-order valence-electron chi connectivity index (χ2n) is 7.26. The molecule has 0 N–H and O–H groups in total. The highest BCUT2D eigenvalue weighted by Gasteiger charge is 2.48. The van der Waals surface area contributed by atoms with Crippen LogP contribution in [0.25, 0.3) is 0 Å². The first-order chi connectivity index (χ1) is 12.4. The van der Waals surface area contributed by atoms with Crippen LogP contribution in [0.2, 0.25) is 5.02 Å². The first-order valence-corrected chi connectivity index (χ1v) is 9.68. The van der Waals surface area contributed by atoms with Crippen molar-refractivity contribution in [3.8, 4) is 6.07 Å². The van der Waals surface area contributed by atoms with E-state index in [1.165, 1.54) is 16.7 Å². The quantitative estimate of drug-likeness (QED) is 0.582. The van der Waals surface area contributed by atoms with Gasteiger partial charge in [-0.05, 0) is 55.0 Å². The zero-order valence-electron chi connectivity index (χ0n) is 15.2. The number of nitriles is 1. The SMILES string of the molecule is Cc1ccc(CN(CC(Cl)c2cncc(Cl)c2)C2(CC#N)CC2)cc1C. The molecule has 1 aliphatic carbocycles. The summed E-state index contributed by atoms with van der Waals surface area (Å²) in [5.41, 5.74) is 4.70. The molecular formula is C21H23Cl2N3. The van der Waals surface area contributed by atoms with Gasteiger partial charge in [0.1, 0.15) is 0 Å². The van der Waals surface area contributed by atoms with E-state index in [4.69, 9.17) is 23.2 Å². The number of pyridine rings is 1. The van der Waals surface area contributed by atoms with Crippen LogP contribution in [-0.4, -0.2) is 22.0 Å². The van der Waals surface area contributed by atoms with E-state index >= 15 is 0 Å². The molecule has 3 rings (SSSR count). The number of hydrogen-bond donors (Lipinski definition) is 0. The zero-order valence-corrected chi connectivity index (χ0v) is 16.7. The largest absolute Gasteiger partial charge is 0.291 e. The number of alkyl halides is 1. The van der Waals surface area contributed by atoms with E-state index in [1.54, 1.807) is 12.4 Å². The van der Waals surface area contributed by atoms with E-state index < -0.39 is 0 Å². The summed E-state index contributed by atoms with van der Waals surface area (Å²) in [5.74, 6) is 0. The van der Waals surface area contributed by atoms with Gasteiger partial charge in [0.15, 0.2) is 0 Å². The standard InChI is InChI=1S/C21H23Cl2N3/c1-15-3-4-17(9-16(15)2)13-26(21(5-6-21)7-8-24)14-20(23)18-10-19(22)12-25-11-18/h3-4,9-12,20H,5-7,13-14H2,1-2H3. The molecule has 1 atom stereocenters. The zero-order chi connectivity index (χ0) is 18.7. The van der Waals surface area contributed by atoms with Gasteiger partial charge < -0.3 is 0 Å². The van der Waals surface area contributed by atoms with Crippen molar-refractivity contribution in [3.05, 3.63) is 63.9 Å². The first kappa shape index (κ1) is 19.2. The predicted octanol–water partition coefficient (Wildman–Crippen LogP) is 5.58. The van der Waals surface area contributed by atoms with Crippen molar-refractivity contribution < 1.29 is 0 Å². The molecule has 2 aromatic rings. The number of benzene rings is 1. The Kier molecular flexibility index (Phi) is 5.87. The molecule has 5 heteroatoms. The highest BCUT2D eigenvalue weighted by atomic mass is 35.5. The normalized spacial score (nSPS) is 16.3. The Hall–Kier alpha value is -1.60. The van der Waals surface area contributed by atoms with E-state index in [0.717, 1.165) is 24.9 Å². The smallest absolute Gasteiger partial charge is 0.0728 e. The Balaban J connectivity index is 1.82. The van der Waals surface area contributed by atoms with Gasteiger partial charge in [-0.15, -0.1) is 11.6 Å². The van der Waals surface area contributed by atoms with Gasteiger partial charge >= 0.3 is 0 Å². The summed E-state index contributed by atoms with van der Waals surface area (Å²) in [6, 6.07) is 10.8. The summed E-state index contributed by atoms with van der Waals surface area (Å²) in [5, 5.41) is 9.66. The van der Waals surface area contributed by atoms with Gasteiger partial charge in [-0.25, -0.2) is 0 Å². The second-order valence-corrected chi connectivity index (χ2v) is 8.23. The average molecular weight is 388 g/mol. The lowest BCUT2D eigenvalue weighted by atomic mass is 10.0. The molecule has 0 aliphatic heterocycles. The van der Waals surface area contributed by atoms with Crippen molar-refractivity contribution in [2.45, 2.75) is 50.6 Å². The fourth-order valence-corrected chi connectivity index (χ4v) is 3.81. The molecular weight excluding hydrogens is 365 g/mol. The van der Waals surface area contributed by atoms with E-state index in [9.17, 15) is 5.26 Å². The van der Waals surface area contributed by atoms with Crippen molar-refractivity contribution in [2.24, 2.45) is 0 Å². The number of rotatable bonds is 7. The average Bonchev–Trinajstić information content (AvgIpc) is 3.38. The summed E-state index contributed by atoms with van der Waals surface area (Å²) < 4.78 is 0. The van der Waals surface area contributed by atoms with Gasteiger partial charge in [0.05, 0.1) is 22.9 Å². The summed E-state index contributed by atoms with van der Waals surface area (Å²) in [7, 11) is 0. The molecule has 3 nitrogen and oxygen atoms in total. The molecule has 136 valence electrons. The van der Waals surface area contributed by atoms with Crippen molar-refractivity contribution >= 4 is 23.2 Å². The molecule has 0 radical (unpaired) electrons. The lowest BCUT2D eigenvalue weighted by Gasteiger charge is -2.32. The first-order valence-electron chi connectivity index (χ1n) is 8.86. The highest BCUT2D eigenvalue weighted by Crippen LogP contribution is 2.46. The van der Waals surface area contributed by atoms with E-state index in [1.807, 2.05) is 6.07 Å². The Bertz CT molecular complexity index is 824. The number of hydrogen-bond acceptors (Lipinski definition) is 3. The molecule has 0 bridgehead atoms. The molecule has 1 saturated carbocycles. The fourth-order valence-electron chi connectivity index (χ4n) is 3.34. The van der Waals surface area contributed by atoms with Gasteiger partial charge in [0.2, 0.25) is 0 Å². The summed E-state index contributed by atoms with van der Waals surface area (Å²) >= 11 is 12.8. The van der Waals surface area contributed by atoms with Crippen LogP contribution in [0.4, 0.5) is 0 Å². The number of aromatic nitrogens is 1. The van der Waals surface area contributed by atoms with Gasteiger partial charge in [0.25, 0.3) is 0 Å². The maximum absolute atomic E-state index is 9.29. The minimum absolute atomic E-state index is 0.0489.